The number of rotatable bonds is 17. The zero-order valence-corrected chi connectivity index (χ0v) is 24.5. The summed E-state index contributed by atoms with van der Waals surface area (Å²) in [5, 5.41) is 13.8. The molecule has 4 rings (SSSR count). The van der Waals surface area contributed by atoms with E-state index >= 15 is 0 Å². The van der Waals surface area contributed by atoms with Crippen LogP contribution in [0.4, 0.5) is 5.69 Å². The highest BCUT2D eigenvalue weighted by molar-refractivity contribution is 7.55. The Hall–Kier alpha value is -3.89. The quantitative estimate of drug-likeness (QED) is 0.0744. The second kappa shape index (κ2) is 15.8. The van der Waals surface area contributed by atoms with Gasteiger partial charge in [-0.15, -0.1) is 0 Å². The molecular weight excluding hydrogens is 533 g/mol. The zero-order chi connectivity index (χ0) is 28.8. The van der Waals surface area contributed by atoms with Crippen molar-refractivity contribution >= 4 is 13.3 Å². The molecule has 4 aromatic rings. The van der Waals surface area contributed by atoms with Crippen LogP contribution in [0.15, 0.2) is 109 Å². The number of nitrogens with one attached hydrogen (secondary N) is 1. The Morgan fingerprint density at radius 1 is 0.683 bits per heavy atom. The maximum absolute atomic E-state index is 14.9. The first-order valence-electron chi connectivity index (χ1n) is 14.4. The number of unbranched alkanes of at least 4 members (excludes halogenated alkanes) is 6. The fourth-order valence-corrected chi connectivity index (χ4v) is 6.39. The van der Waals surface area contributed by atoms with Gasteiger partial charge in [0.1, 0.15) is 23.0 Å². The smallest absolute Gasteiger partial charge is 0.457 e. The zero-order valence-electron chi connectivity index (χ0n) is 23.7. The van der Waals surface area contributed by atoms with E-state index in [2.05, 4.69) is 12.2 Å². The maximum atomic E-state index is 14.9. The Morgan fingerprint density at radius 3 is 1.88 bits per heavy atom. The van der Waals surface area contributed by atoms with Crippen LogP contribution >= 0.6 is 7.60 Å². The summed E-state index contributed by atoms with van der Waals surface area (Å²) in [6.45, 7) is 2.83. The van der Waals surface area contributed by atoms with Gasteiger partial charge in [-0.1, -0.05) is 106 Å². The number of hydrogen-bond acceptors (Lipinski definition) is 6. The fraction of sp³-hybridized carbons (Fsp3) is 0.294. The number of anilines is 1. The number of aromatic hydroxyl groups is 1. The van der Waals surface area contributed by atoms with Gasteiger partial charge in [0.2, 0.25) is 0 Å². The van der Waals surface area contributed by atoms with Crippen molar-refractivity contribution in [1.82, 2.24) is 0 Å². The molecule has 0 aliphatic heterocycles. The van der Waals surface area contributed by atoms with Crippen LogP contribution in [-0.2, 0) is 4.57 Å². The third kappa shape index (κ3) is 9.33. The van der Waals surface area contributed by atoms with Gasteiger partial charge in [0, 0.05) is 0 Å². The van der Waals surface area contributed by atoms with Gasteiger partial charge in [-0.3, -0.25) is 0 Å². The molecule has 0 amide bonds. The Bertz CT molecular complexity index is 1320. The van der Waals surface area contributed by atoms with Crippen LogP contribution in [0.3, 0.4) is 0 Å². The second-order valence-electron chi connectivity index (χ2n) is 9.95. The lowest BCUT2D eigenvalue weighted by atomic mass is 10.1. The van der Waals surface area contributed by atoms with Crippen LogP contribution in [0.2, 0.25) is 0 Å². The normalized spacial score (nSPS) is 11.9. The van der Waals surface area contributed by atoms with Gasteiger partial charge in [0.05, 0.1) is 12.3 Å². The minimum atomic E-state index is -4.03. The van der Waals surface area contributed by atoms with Crippen molar-refractivity contribution in [3.8, 4) is 23.0 Å². The highest BCUT2D eigenvalue weighted by atomic mass is 31.2. The van der Waals surface area contributed by atoms with E-state index in [4.69, 9.17) is 13.8 Å². The summed E-state index contributed by atoms with van der Waals surface area (Å²) in [6, 6.07) is 32.2. The first-order chi connectivity index (χ1) is 20.1. The molecule has 2 N–H and O–H groups in total. The molecule has 7 heteroatoms. The molecule has 0 aromatic heterocycles. The molecule has 0 aliphatic rings. The highest BCUT2D eigenvalue weighted by Gasteiger charge is 2.41. The average Bonchev–Trinajstić information content (AvgIpc) is 2.99. The third-order valence-electron chi connectivity index (χ3n) is 6.65. The van der Waals surface area contributed by atoms with Crippen LogP contribution in [0.25, 0.3) is 0 Å². The monoisotopic (exact) mass is 573 g/mol. The van der Waals surface area contributed by atoms with E-state index in [1.807, 2.05) is 60.7 Å². The largest absolute Gasteiger partial charge is 0.506 e. The molecule has 0 spiro atoms. The SMILES string of the molecule is CCCCCCCCCOc1cccc([C@@H](Nc2ccccc2O)P(=O)(Oc2ccccc2)Oc2ccccc2)c1. The first-order valence-corrected chi connectivity index (χ1v) is 16.0. The van der Waals surface area contributed by atoms with Gasteiger partial charge in [-0.05, 0) is 60.5 Å². The van der Waals surface area contributed by atoms with Gasteiger partial charge < -0.3 is 24.2 Å². The number of hydrogen-bond donors (Lipinski definition) is 2. The number of ether oxygens (including phenoxy) is 1. The van der Waals surface area contributed by atoms with E-state index in [1.165, 1.54) is 32.1 Å². The fourth-order valence-electron chi connectivity index (χ4n) is 4.49. The molecule has 41 heavy (non-hydrogen) atoms. The standard InChI is InChI=1S/C34H40NO5P/c1-2-3-4-5-6-7-16-26-38-31-23-17-18-28(27-31)34(35-32-24-14-15-25-33(32)36)41(37,39-29-19-10-8-11-20-29)40-30-21-12-9-13-22-30/h8-15,17-25,27,34-36H,2-7,16,26H2,1H3/t34-/m0/s1. The molecular formula is C34H40NO5P. The van der Waals surface area contributed by atoms with E-state index in [0.29, 0.717) is 35.1 Å². The Labute approximate surface area is 243 Å². The van der Waals surface area contributed by atoms with Gasteiger partial charge in [-0.25, -0.2) is 4.57 Å². The molecule has 216 valence electrons. The summed E-state index contributed by atoms with van der Waals surface area (Å²) < 4.78 is 33.3. The maximum Gasteiger partial charge on any atom is 0.457 e. The summed E-state index contributed by atoms with van der Waals surface area (Å²) in [5.74, 6) is 0.529. The molecule has 0 unspecified atom stereocenters. The molecule has 0 heterocycles. The van der Waals surface area contributed by atoms with Crippen molar-refractivity contribution in [1.29, 1.82) is 0 Å². The molecule has 6 nitrogen and oxygen atoms in total. The van der Waals surface area contributed by atoms with Crippen molar-refractivity contribution in [2.45, 2.75) is 57.7 Å². The highest BCUT2D eigenvalue weighted by Crippen LogP contribution is 2.60. The van der Waals surface area contributed by atoms with E-state index < -0.39 is 13.4 Å². The molecule has 0 aliphatic carbocycles. The molecule has 1 atom stereocenters. The van der Waals surface area contributed by atoms with Gasteiger partial charge in [-0.2, -0.15) is 0 Å². The van der Waals surface area contributed by atoms with Crippen molar-refractivity contribution in [2.24, 2.45) is 0 Å². The lowest BCUT2D eigenvalue weighted by Gasteiger charge is -2.29. The number of phenolic OH excluding ortho intramolecular Hbond substituents is 1. The van der Waals surface area contributed by atoms with Crippen LogP contribution in [-0.4, -0.2) is 11.7 Å². The minimum absolute atomic E-state index is 0.0230. The predicted molar refractivity (Wildman–Crippen MR) is 166 cm³/mol. The van der Waals surface area contributed by atoms with Gasteiger partial charge in [0.25, 0.3) is 0 Å². The topological polar surface area (TPSA) is 77.0 Å². The predicted octanol–water partition coefficient (Wildman–Crippen LogP) is 9.98. The van der Waals surface area contributed by atoms with E-state index in [-0.39, 0.29) is 5.75 Å². The van der Waals surface area contributed by atoms with E-state index in [0.717, 1.165) is 12.8 Å². The number of phenols is 1. The summed E-state index contributed by atoms with van der Waals surface area (Å²) in [6.07, 6.45) is 8.42. The third-order valence-corrected chi connectivity index (χ3v) is 8.64. The average molecular weight is 574 g/mol. The molecule has 0 fully saturated rings. The summed E-state index contributed by atoms with van der Waals surface area (Å²) >= 11 is 0. The molecule has 4 aromatic carbocycles. The van der Waals surface area contributed by atoms with Crippen molar-refractivity contribution < 1.29 is 23.5 Å². The Balaban J connectivity index is 1.61. The summed E-state index contributed by atoms with van der Waals surface area (Å²) in [5.41, 5.74) is 1.04. The summed E-state index contributed by atoms with van der Waals surface area (Å²) in [7, 11) is -4.03. The van der Waals surface area contributed by atoms with Crippen molar-refractivity contribution in [3.63, 3.8) is 0 Å². The second-order valence-corrected chi connectivity index (χ2v) is 11.9. The molecule has 0 saturated carbocycles. The van der Waals surface area contributed by atoms with Crippen LogP contribution < -0.4 is 19.1 Å². The molecule has 0 radical (unpaired) electrons. The number of benzene rings is 4. The Kier molecular flexibility index (Phi) is 11.6. The Morgan fingerprint density at radius 2 is 1.24 bits per heavy atom. The summed E-state index contributed by atoms with van der Waals surface area (Å²) in [4.78, 5) is 0. The first kappa shape index (κ1) is 30.1. The van der Waals surface area contributed by atoms with Gasteiger partial charge >= 0.3 is 7.60 Å². The lowest BCUT2D eigenvalue weighted by molar-refractivity contribution is 0.304. The van der Waals surface area contributed by atoms with Crippen LogP contribution in [0.1, 0.15) is 63.2 Å². The van der Waals surface area contributed by atoms with Crippen molar-refractivity contribution in [2.75, 3.05) is 11.9 Å². The number of para-hydroxylation sites is 4. The van der Waals surface area contributed by atoms with Crippen molar-refractivity contribution in [3.05, 3.63) is 115 Å². The minimum Gasteiger partial charge on any atom is -0.506 e. The van der Waals surface area contributed by atoms with Crippen LogP contribution in [0, 0.1) is 0 Å². The molecule has 0 bridgehead atoms. The molecule has 0 saturated heterocycles. The lowest BCUT2D eigenvalue weighted by Crippen LogP contribution is -2.18. The van der Waals surface area contributed by atoms with Crippen LogP contribution in [0.5, 0.6) is 23.0 Å². The van der Waals surface area contributed by atoms with E-state index in [1.54, 1.807) is 48.5 Å². The van der Waals surface area contributed by atoms with E-state index in [9.17, 15) is 9.67 Å². The van der Waals surface area contributed by atoms with Gasteiger partial charge in [0.15, 0.2) is 5.78 Å².